The summed E-state index contributed by atoms with van der Waals surface area (Å²) in [6, 6.07) is 1.67. The third-order valence-corrected chi connectivity index (χ3v) is 1.17. The van der Waals surface area contributed by atoms with E-state index in [1.54, 1.807) is 25.4 Å². The molecule has 1 amide bonds. The lowest BCUT2D eigenvalue weighted by Gasteiger charge is -1.99. The van der Waals surface area contributed by atoms with Crippen LogP contribution in [0.5, 0.6) is 0 Å². The van der Waals surface area contributed by atoms with Crippen molar-refractivity contribution in [1.29, 1.82) is 0 Å². The van der Waals surface area contributed by atoms with Crippen molar-refractivity contribution < 1.29 is 9.63 Å². The van der Waals surface area contributed by atoms with E-state index < -0.39 is 0 Å². The van der Waals surface area contributed by atoms with Gasteiger partial charge in [0.2, 0.25) is 0 Å². The smallest absolute Gasteiger partial charge is 0.276 e. The lowest BCUT2D eigenvalue weighted by molar-refractivity contribution is 0.0364. The molecule has 2 N–H and O–H groups in total. The molecule has 0 aromatic carbocycles. The molecule has 0 unspecified atom stereocenters. The molecular weight excluding hydrogens is 144 g/mol. The quantitative estimate of drug-likeness (QED) is 0.629. The number of hydrogen-bond donors (Lipinski definition) is 2. The van der Waals surface area contributed by atoms with Crippen LogP contribution in [0.2, 0.25) is 0 Å². The summed E-state index contributed by atoms with van der Waals surface area (Å²) >= 11 is 0. The van der Waals surface area contributed by atoms with Gasteiger partial charge in [-0.2, -0.15) is 0 Å². The van der Waals surface area contributed by atoms with Crippen molar-refractivity contribution >= 4 is 5.91 Å². The Bertz CT molecular complexity index is 218. The van der Waals surface area contributed by atoms with Gasteiger partial charge in [-0.25, -0.2) is 5.48 Å². The van der Waals surface area contributed by atoms with Crippen LogP contribution in [0, 0.1) is 0 Å². The molecule has 0 saturated heterocycles. The highest BCUT2D eigenvalue weighted by Crippen LogP contribution is 1.94. The van der Waals surface area contributed by atoms with E-state index in [4.69, 9.17) is 4.84 Å². The van der Waals surface area contributed by atoms with E-state index in [9.17, 15) is 4.79 Å². The van der Waals surface area contributed by atoms with E-state index in [1.807, 2.05) is 0 Å². The van der Waals surface area contributed by atoms with Gasteiger partial charge in [-0.1, -0.05) is 0 Å². The Labute approximate surface area is 64.5 Å². The van der Waals surface area contributed by atoms with Gasteiger partial charge in [0.25, 0.3) is 5.91 Å². The van der Waals surface area contributed by atoms with Crippen molar-refractivity contribution in [3.8, 4) is 0 Å². The number of rotatable bonds is 3. The van der Waals surface area contributed by atoms with Crippen molar-refractivity contribution in [3.63, 3.8) is 0 Å². The summed E-state index contributed by atoms with van der Waals surface area (Å²) in [7, 11) is 0. The monoisotopic (exact) mass is 154 g/mol. The first kappa shape index (κ1) is 7.81. The van der Waals surface area contributed by atoms with Gasteiger partial charge in [0.1, 0.15) is 0 Å². The predicted molar refractivity (Wildman–Crippen MR) is 39.9 cm³/mol. The number of hydrogen-bond acceptors (Lipinski definition) is 2. The summed E-state index contributed by atoms with van der Waals surface area (Å²) in [5.41, 5.74) is 2.84. The fourth-order valence-electron chi connectivity index (χ4n) is 0.662. The molecular formula is C7H10N2O2. The molecule has 11 heavy (non-hydrogen) atoms. The molecule has 0 atom stereocenters. The van der Waals surface area contributed by atoms with Crippen LogP contribution in [-0.4, -0.2) is 17.5 Å². The van der Waals surface area contributed by atoms with Crippen LogP contribution in [-0.2, 0) is 4.84 Å². The fraction of sp³-hybridized carbons (Fsp3) is 0.286. The number of carbonyl (C=O) groups is 1. The molecule has 0 fully saturated rings. The third-order valence-electron chi connectivity index (χ3n) is 1.17. The van der Waals surface area contributed by atoms with Crippen LogP contribution in [0.15, 0.2) is 18.5 Å². The highest BCUT2D eigenvalue weighted by atomic mass is 16.6. The summed E-state index contributed by atoms with van der Waals surface area (Å²) in [5, 5.41) is 0. The van der Waals surface area contributed by atoms with Gasteiger partial charge in [-0.05, 0) is 13.0 Å². The van der Waals surface area contributed by atoms with Gasteiger partial charge in [-0.15, -0.1) is 0 Å². The highest BCUT2D eigenvalue weighted by Gasteiger charge is 2.02. The number of amides is 1. The molecule has 0 spiro atoms. The lowest BCUT2D eigenvalue weighted by atomic mass is 10.3. The molecule has 1 aromatic rings. The molecule has 0 bridgehead atoms. The minimum Gasteiger partial charge on any atom is -0.367 e. The summed E-state index contributed by atoms with van der Waals surface area (Å²) in [4.78, 5) is 18.5. The maximum absolute atomic E-state index is 11.0. The fourth-order valence-corrected chi connectivity index (χ4v) is 0.662. The van der Waals surface area contributed by atoms with Gasteiger partial charge in [-0.3, -0.25) is 9.63 Å². The first-order chi connectivity index (χ1) is 5.34. The van der Waals surface area contributed by atoms with Crippen LogP contribution >= 0.6 is 0 Å². The zero-order valence-electron chi connectivity index (χ0n) is 6.26. The summed E-state index contributed by atoms with van der Waals surface area (Å²) in [6.07, 6.45) is 3.29. The van der Waals surface area contributed by atoms with Crippen molar-refractivity contribution in [2.75, 3.05) is 6.61 Å². The van der Waals surface area contributed by atoms with Crippen molar-refractivity contribution in [3.05, 3.63) is 24.0 Å². The summed E-state index contributed by atoms with van der Waals surface area (Å²) in [6.45, 7) is 2.27. The molecule has 1 aromatic heterocycles. The van der Waals surface area contributed by atoms with Crippen LogP contribution in [0.1, 0.15) is 17.3 Å². The molecule has 0 aliphatic rings. The van der Waals surface area contributed by atoms with Crippen LogP contribution in [0.25, 0.3) is 0 Å². The second kappa shape index (κ2) is 3.78. The van der Waals surface area contributed by atoms with Gasteiger partial charge in [0.05, 0.1) is 12.2 Å². The van der Waals surface area contributed by atoms with Crippen molar-refractivity contribution in [2.45, 2.75) is 6.92 Å². The van der Waals surface area contributed by atoms with E-state index >= 15 is 0 Å². The molecule has 1 rings (SSSR count). The van der Waals surface area contributed by atoms with Gasteiger partial charge < -0.3 is 4.98 Å². The minimum absolute atomic E-state index is 0.229. The van der Waals surface area contributed by atoms with E-state index in [0.717, 1.165) is 0 Å². The predicted octanol–water partition coefficient (Wildman–Crippen LogP) is 0.696. The SMILES string of the molecule is CCONC(=O)c1cc[nH]c1. The highest BCUT2D eigenvalue weighted by molar-refractivity contribution is 5.93. The molecule has 0 aliphatic heterocycles. The molecule has 0 radical (unpaired) electrons. The maximum atomic E-state index is 11.0. The van der Waals surface area contributed by atoms with Crippen molar-refractivity contribution in [2.24, 2.45) is 0 Å². The summed E-state index contributed by atoms with van der Waals surface area (Å²) < 4.78 is 0. The first-order valence-corrected chi connectivity index (χ1v) is 3.39. The lowest BCUT2D eigenvalue weighted by Crippen LogP contribution is -2.22. The Kier molecular flexibility index (Phi) is 2.68. The number of H-pyrrole nitrogens is 1. The van der Waals surface area contributed by atoms with E-state index in [1.165, 1.54) is 0 Å². The molecule has 4 nitrogen and oxygen atoms in total. The Morgan fingerprint density at radius 2 is 2.64 bits per heavy atom. The number of carbonyl (C=O) groups excluding carboxylic acids is 1. The van der Waals surface area contributed by atoms with E-state index in [2.05, 4.69) is 10.5 Å². The average molecular weight is 154 g/mol. The molecule has 0 aliphatic carbocycles. The molecule has 4 heteroatoms. The Hall–Kier alpha value is -1.29. The molecule has 1 heterocycles. The van der Waals surface area contributed by atoms with Crippen molar-refractivity contribution in [1.82, 2.24) is 10.5 Å². The Balaban J connectivity index is 2.43. The van der Waals surface area contributed by atoms with Gasteiger partial charge in [0, 0.05) is 12.4 Å². The number of aromatic amines is 1. The zero-order valence-corrected chi connectivity index (χ0v) is 6.26. The summed E-state index contributed by atoms with van der Waals surface area (Å²) in [5.74, 6) is -0.229. The second-order valence-electron chi connectivity index (χ2n) is 1.96. The largest absolute Gasteiger partial charge is 0.367 e. The average Bonchev–Trinajstić information content (AvgIpc) is 2.52. The zero-order chi connectivity index (χ0) is 8.10. The van der Waals surface area contributed by atoms with Crippen LogP contribution < -0.4 is 5.48 Å². The topological polar surface area (TPSA) is 54.1 Å². The standard InChI is InChI=1S/C7H10N2O2/c1-2-11-9-7(10)6-3-4-8-5-6/h3-5,8H,2H2,1H3,(H,9,10). The van der Waals surface area contributed by atoms with Crippen LogP contribution in [0.3, 0.4) is 0 Å². The maximum Gasteiger partial charge on any atom is 0.276 e. The van der Waals surface area contributed by atoms with E-state index in [-0.39, 0.29) is 5.91 Å². The number of nitrogens with one attached hydrogen (secondary N) is 2. The number of aromatic nitrogens is 1. The minimum atomic E-state index is -0.229. The molecule has 0 saturated carbocycles. The van der Waals surface area contributed by atoms with Gasteiger partial charge >= 0.3 is 0 Å². The second-order valence-corrected chi connectivity index (χ2v) is 1.96. The normalized spacial score (nSPS) is 9.55. The van der Waals surface area contributed by atoms with Crippen LogP contribution in [0.4, 0.5) is 0 Å². The first-order valence-electron chi connectivity index (χ1n) is 3.39. The third kappa shape index (κ3) is 2.09. The Morgan fingerprint density at radius 3 is 3.18 bits per heavy atom. The Morgan fingerprint density at radius 1 is 1.82 bits per heavy atom. The van der Waals surface area contributed by atoms with Gasteiger partial charge in [0.15, 0.2) is 0 Å². The van der Waals surface area contributed by atoms with E-state index in [0.29, 0.717) is 12.2 Å². The number of hydroxylamine groups is 1. The molecule has 60 valence electrons.